The maximum Gasteiger partial charge on any atom is 0.0547 e. The number of hydrogen-bond acceptors (Lipinski definition) is 2. The summed E-state index contributed by atoms with van der Waals surface area (Å²) in [6.45, 7) is 0. The molecule has 0 N–H and O–H groups in total. The molecule has 2 heterocycles. The van der Waals surface area contributed by atoms with Crippen molar-refractivity contribution in [2.75, 3.05) is 4.90 Å². The van der Waals surface area contributed by atoms with Crippen LogP contribution in [0.15, 0.2) is 231 Å². The molecule has 12 rings (SSSR count). The molecule has 286 valence electrons. The van der Waals surface area contributed by atoms with Crippen molar-refractivity contribution < 1.29 is 0 Å². The zero-order chi connectivity index (χ0) is 40.3. The van der Waals surface area contributed by atoms with Crippen molar-refractivity contribution >= 4 is 81.1 Å². The van der Waals surface area contributed by atoms with Gasteiger partial charge in [-0.2, -0.15) is 0 Å². The Hall–Kier alpha value is -7.72. The van der Waals surface area contributed by atoms with Crippen LogP contribution in [-0.2, 0) is 0 Å². The van der Waals surface area contributed by atoms with Crippen molar-refractivity contribution in [2.45, 2.75) is 0 Å². The molecule has 0 aliphatic carbocycles. The standard InChI is InChI=1S/C58H38N2S/c1-4-14-39(15-5-1)40-24-25-42-35-43(27-26-41(42)34-40)44-29-32-55(59(46-16-6-2-7-17-46)48-30-33-58-53(38-48)51-21-11-13-23-57(51)61-58)52(36-44)45-28-31-50-49-20-10-12-22-54(49)60(56(50)37-45)47-18-8-3-9-19-47/h1-38H. The second-order valence-electron chi connectivity index (χ2n) is 15.7. The number of fused-ring (bicyclic) bond motifs is 7. The Kier molecular flexibility index (Phi) is 8.39. The normalized spacial score (nSPS) is 11.6. The van der Waals surface area contributed by atoms with Gasteiger partial charge in [0.2, 0.25) is 0 Å². The summed E-state index contributed by atoms with van der Waals surface area (Å²) in [6.07, 6.45) is 0. The zero-order valence-corrected chi connectivity index (χ0v) is 34.1. The largest absolute Gasteiger partial charge is 0.310 e. The first-order chi connectivity index (χ1) is 30.2. The Morgan fingerprint density at radius 3 is 1.70 bits per heavy atom. The Balaban J connectivity index is 1.09. The van der Waals surface area contributed by atoms with E-state index in [0.29, 0.717) is 0 Å². The molecule has 61 heavy (non-hydrogen) atoms. The maximum absolute atomic E-state index is 2.44. The quantitative estimate of drug-likeness (QED) is 0.156. The van der Waals surface area contributed by atoms with Crippen LogP contribution in [0.3, 0.4) is 0 Å². The van der Waals surface area contributed by atoms with E-state index in [1.165, 1.54) is 75.0 Å². The summed E-state index contributed by atoms with van der Waals surface area (Å²) in [5.41, 5.74) is 14.0. The Labute approximate surface area is 358 Å². The third kappa shape index (κ3) is 6.09. The van der Waals surface area contributed by atoms with Gasteiger partial charge < -0.3 is 9.47 Å². The van der Waals surface area contributed by atoms with Gasteiger partial charge >= 0.3 is 0 Å². The second kappa shape index (κ2) is 14.5. The predicted molar refractivity (Wildman–Crippen MR) is 262 cm³/mol. The minimum atomic E-state index is 1.11. The monoisotopic (exact) mass is 794 g/mol. The highest BCUT2D eigenvalue weighted by atomic mass is 32.1. The molecule has 0 amide bonds. The van der Waals surface area contributed by atoms with Crippen LogP contribution in [0.2, 0.25) is 0 Å². The van der Waals surface area contributed by atoms with Crippen molar-refractivity contribution in [3.63, 3.8) is 0 Å². The molecule has 2 aromatic heterocycles. The van der Waals surface area contributed by atoms with E-state index in [2.05, 4.69) is 240 Å². The van der Waals surface area contributed by atoms with Gasteiger partial charge in [0.1, 0.15) is 0 Å². The third-order valence-corrected chi connectivity index (χ3v) is 13.3. The molecule has 0 aliphatic rings. The number of para-hydroxylation sites is 3. The molecule has 0 spiro atoms. The van der Waals surface area contributed by atoms with Crippen molar-refractivity contribution in [3.05, 3.63) is 231 Å². The molecule has 3 heteroatoms. The molecule has 0 aliphatic heterocycles. The highest BCUT2D eigenvalue weighted by molar-refractivity contribution is 7.25. The Morgan fingerprint density at radius 2 is 0.918 bits per heavy atom. The van der Waals surface area contributed by atoms with Crippen LogP contribution in [0.5, 0.6) is 0 Å². The van der Waals surface area contributed by atoms with Crippen LogP contribution >= 0.6 is 11.3 Å². The van der Waals surface area contributed by atoms with Gasteiger partial charge in [-0.3, -0.25) is 0 Å². The molecule has 0 unspecified atom stereocenters. The predicted octanol–water partition coefficient (Wildman–Crippen LogP) is 16.8. The fourth-order valence-corrected chi connectivity index (χ4v) is 10.3. The molecule has 0 fully saturated rings. The number of thiophene rings is 1. The lowest BCUT2D eigenvalue weighted by Crippen LogP contribution is -2.11. The van der Waals surface area contributed by atoms with Gasteiger partial charge in [-0.15, -0.1) is 11.3 Å². The minimum Gasteiger partial charge on any atom is -0.310 e. The van der Waals surface area contributed by atoms with E-state index in [0.717, 1.165) is 33.9 Å². The summed E-state index contributed by atoms with van der Waals surface area (Å²) in [5.74, 6) is 0. The molecule has 0 saturated heterocycles. The molecule has 2 nitrogen and oxygen atoms in total. The van der Waals surface area contributed by atoms with Gasteiger partial charge in [-0.1, -0.05) is 146 Å². The number of nitrogens with zero attached hydrogens (tertiary/aromatic N) is 2. The van der Waals surface area contributed by atoms with Crippen LogP contribution in [0.4, 0.5) is 17.1 Å². The van der Waals surface area contributed by atoms with E-state index < -0.39 is 0 Å². The summed E-state index contributed by atoms with van der Waals surface area (Å²) in [6, 6.07) is 84.4. The summed E-state index contributed by atoms with van der Waals surface area (Å²) in [5, 5.41) is 7.50. The second-order valence-corrected chi connectivity index (χ2v) is 16.8. The van der Waals surface area contributed by atoms with E-state index in [-0.39, 0.29) is 0 Å². The third-order valence-electron chi connectivity index (χ3n) is 12.2. The van der Waals surface area contributed by atoms with Gasteiger partial charge in [0.15, 0.2) is 0 Å². The molecule has 0 saturated carbocycles. The van der Waals surface area contributed by atoms with Crippen molar-refractivity contribution in [1.29, 1.82) is 0 Å². The number of benzene rings is 10. The van der Waals surface area contributed by atoms with E-state index in [1.54, 1.807) is 0 Å². The van der Waals surface area contributed by atoms with Gasteiger partial charge in [-0.05, 0) is 124 Å². The molecule has 10 aromatic carbocycles. The summed E-state index contributed by atoms with van der Waals surface area (Å²) in [4.78, 5) is 2.44. The maximum atomic E-state index is 2.44. The van der Waals surface area contributed by atoms with E-state index in [1.807, 2.05) is 11.3 Å². The molecular formula is C58H38N2S. The van der Waals surface area contributed by atoms with E-state index in [9.17, 15) is 0 Å². The van der Waals surface area contributed by atoms with Gasteiger partial charge in [0, 0.05) is 53.6 Å². The fraction of sp³-hybridized carbons (Fsp3) is 0. The average molecular weight is 795 g/mol. The summed E-state index contributed by atoms with van der Waals surface area (Å²) >= 11 is 1.85. The summed E-state index contributed by atoms with van der Waals surface area (Å²) < 4.78 is 5.01. The molecule has 12 aromatic rings. The van der Waals surface area contributed by atoms with Gasteiger partial charge in [0.25, 0.3) is 0 Å². The van der Waals surface area contributed by atoms with Crippen LogP contribution in [0.1, 0.15) is 0 Å². The lowest BCUT2D eigenvalue weighted by Gasteiger charge is -2.28. The van der Waals surface area contributed by atoms with Crippen molar-refractivity contribution in [3.8, 4) is 39.1 Å². The van der Waals surface area contributed by atoms with Gasteiger partial charge in [-0.25, -0.2) is 0 Å². The Morgan fingerprint density at radius 1 is 0.328 bits per heavy atom. The molecule has 0 atom stereocenters. The lowest BCUT2D eigenvalue weighted by atomic mass is 9.93. The van der Waals surface area contributed by atoms with Crippen LogP contribution in [-0.4, -0.2) is 4.57 Å². The smallest absolute Gasteiger partial charge is 0.0547 e. The van der Waals surface area contributed by atoms with Crippen LogP contribution in [0.25, 0.3) is 91.8 Å². The Bertz CT molecular complexity index is 3580. The highest BCUT2D eigenvalue weighted by Crippen LogP contribution is 2.46. The van der Waals surface area contributed by atoms with Crippen molar-refractivity contribution in [2.24, 2.45) is 0 Å². The minimum absolute atomic E-state index is 1.11. The number of rotatable bonds is 7. The SMILES string of the molecule is c1ccc(-c2ccc3cc(-c4ccc(N(c5ccccc5)c5ccc6sc7ccccc7c6c5)c(-c5ccc6c7ccccc7n(-c7ccccc7)c6c5)c4)ccc3c2)cc1. The summed E-state index contributed by atoms with van der Waals surface area (Å²) in [7, 11) is 0. The molecule has 0 bridgehead atoms. The average Bonchev–Trinajstić information content (AvgIpc) is 3.87. The van der Waals surface area contributed by atoms with Crippen LogP contribution < -0.4 is 4.90 Å². The van der Waals surface area contributed by atoms with Crippen LogP contribution in [0, 0.1) is 0 Å². The van der Waals surface area contributed by atoms with Gasteiger partial charge in [0.05, 0.1) is 16.7 Å². The van der Waals surface area contributed by atoms with E-state index in [4.69, 9.17) is 0 Å². The van der Waals surface area contributed by atoms with Crippen molar-refractivity contribution in [1.82, 2.24) is 4.57 Å². The first-order valence-electron chi connectivity index (χ1n) is 20.8. The topological polar surface area (TPSA) is 8.17 Å². The fourth-order valence-electron chi connectivity index (χ4n) is 9.23. The highest BCUT2D eigenvalue weighted by Gasteiger charge is 2.21. The zero-order valence-electron chi connectivity index (χ0n) is 33.2. The van der Waals surface area contributed by atoms with E-state index >= 15 is 0 Å². The first-order valence-corrected chi connectivity index (χ1v) is 21.6. The number of hydrogen-bond donors (Lipinski definition) is 0. The number of anilines is 3. The number of aromatic nitrogens is 1. The lowest BCUT2D eigenvalue weighted by molar-refractivity contribution is 1.18. The first kappa shape index (κ1) is 35.2. The molecule has 0 radical (unpaired) electrons. The molecular weight excluding hydrogens is 757 g/mol.